The van der Waals surface area contributed by atoms with Crippen molar-refractivity contribution < 1.29 is 24.2 Å². The highest BCUT2D eigenvalue weighted by Crippen LogP contribution is 2.28. The second-order valence-corrected chi connectivity index (χ2v) is 4.46. The molecule has 0 aromatic heterocycles. The number of ketones is 2. The topological polar surface area (TPSA) is 83.9 Å². The number of hydrogen-bond acceptors (Lipinski definition) is 4. The van der Waals surface area contributed by atoms with Crippen LogP contribution >= 0.6 is 0 Å². The largest absolute Gasteiger partial charge is 0.465 e. The summed E-state index contributed by atoms with van der Waals surface area (Å²) < 4.78 is 5.29. The maximum atomic E-state index is 12.1. The normalized spacial score (nSPS) is 18.4. The van der Waals surface area contributed by atoms with E-state index in [2.05, 4.69) is 0 Å². The molecule has 1 fully saturated rings. The van der Waals surface area contributed by atoms with Crippen molar-refractivity contribution in [3.05, 3.63) is 0 Å². The minimum atomic E-state index is -0.989. The van der Waals surface area contributed by atoms with Gasteiger partial charge in [-0.25, -0.2) is 4.79 Å². The van der Waals surface area contributed by atoms with Crippen LogP contribution in [0.25, 0.3) is 0 Å². The molecule has 0 radical (unpaired) electrons. The van der Waals surface area contributed by atoms with Gasteiger partial charge in [0.2, 0.25) is 0 Å². The summed E-state index contributed by atoms with van der Waals surface area (Å²) in [6.07, 6.45) is -0.168. The summed E-state index contributed by atoms with van der Waals surface area (Å²) in [7, 11) is 1.44. The summed E-state index contributed by atoms with van der Waals surface area (Å²) in [6.45, 7) is 2.23. The van der Waals surface area contributed by atoms with Gasteiger partial charge in [-0.3, -0.25) is 9.59 Å². The number of carbonyl (C=O) groups excluding carboxylic acids is 2. The first kappa shape index (κ1) is 14.6. The summed E-state index contributed by atoms with van der Waals surface area (Å²) >= 11 is 0. The van der Waals surface area contributed by atoms with Gasteiger partial charge >= 0.3 is 6.09 Å². The Hall–Kier alpha value is -1.43. The van der Waals surface area contributed by atoms with E-state index in [0.717, 1.165) is 0 Å². The van der Waals surface area contributed by atoms with Crippen LogP contribution < -0.4 is 0 Å². The Morgan fingerprint density at radius 3 is 2.22 bits per heavy atom. The average Bonchev–Trinajstić information content (AvgIpc) is 2.38. The zero-order chi connectivity index (χ0) is 13.8. The van der Waals surface area contributed by atoms with Crippen molar-refractivity contribution in [2.24, 2.45) is 0 Å². The van der Waals surface area contributed by atoms with Crippen LogP contribution in [-0.2, 0) is 14.3 Å². The number of carbonyl (C=O) groups is 3. The van der Waals surface area contributed by atoms with Crippen molar-refractivity contribution in [1.29, 1.82) is 0 Å². The highest BCUT2D eigenvalue weighted by Gasteiger charge is 2.42. The lowest BCUT2D eigenvalue weighted by molar-refractivity contribution is -0.148. The third kappa shape index (κ3) is 3.07. The molecule has 1 heterocycles. The first-order chi connectivity index (χ1) is 8.45. The van der Waals surface area contributed by atoms with Crippen LogP contribution in [0.15, 0.2) is 0 Å². The molecule has 0 atom stereocenters. The first-order valence-electron chi connectivity index (χ1n) is 6.03. The molecule has 0 spiro atoms. The predicted octanol–water partition coefficient (Wildman–Crippen LogP) is 1.08. The van der Waals surface area contributed by atoms with E-state index in [4.69, 9.17) is 9.84 Å². The summed E-state index contributed by atoms with van der Waals surface area (Å²) in [5, 5.41) is 8.85. The molecular formula is C12H19NO5. The third-order valence-corrected chi connectivity index (χ3v) is 3.49. The van der Waals surface area contributed by atoms with E-state index in [0.29, 0.717) is 19.3 Å². The molecule has 0 bridgehead atoms. The number of Topliss-reactive ketones (excluding diaryl/α,β-unsaturated/α-hetero) is 2. The fraction of sp³-hybridized carbons (Fsp3) is 0.750. The van der Waals surface area contributed by atoms with Gasteiger partial charge in [-0.15, -0.1) is 0 Å². The quantitative estimate of drug-likeness (QED) is 0.745. The Bertz CT molecular complexity index is 344. The zero-order valence-electron chi connectivity index (χ0n) is 10.8. The van der Waals surface area contributed by atoms with Gasteiger partial charge in [0.25, 0.3) is 0 Å². The number of carboxylic acid groups (broad SMARTS) is 1. The van der Waals surface area contributed by atoms with Crippen molar-refractivity contribution in [1.82, 2.24) is 4.90 Å². The van der Waals surface area contributed by atoms with Crippen LogP contribution in [0.3, 0.4) is 0 Å². The molecule has 1 rings (SSSR count). The van der Waals surface area contributed by atoms with Crippen LogP contribution in [0, 0.1) is 0 Å². The lowest BCUT2D eigenvalue weighted by Gasteiger charge is -2.38. The molecule has 1 aliphatic heterocycles. The maximum Gasteiger partial charge on any atom is 0.407 e. The fourth-order valence-corrected chi connectivity index (χ4v) is 2.12. The van der Waals surface area contributed by atoms with Gasteiger partial charge in [0, 0.05) is 39.5 Å². The molecule has 0 aromatic carbocycles. The molecule has 1 N–H and O–H groups in total. The number of methoxy groups -OCH3 is 1. The minimum Gasteiger partial charge on any atom is -0.465 e. The Morgan fingerprint density at radius 1 is 1.28 bits per heavy atom. The van der Waals surface area contributed by atoms with E-state index in [1.807, 2.05) is 0 Å². The average molecular weight is 257 g/mol. The van der Waals surface area contributed by atoms with E-state index in [9.17, 15) is 14.4 Å². The lowest BCUT2D eigenvalue weighted by Crippen LogP contribution is -2.52. The smallest absolute Gasteiger partial charge is 0.407 e. The highest BCUT2D eigenvalue weighted by atomic mass is 16.5. The molecule has 1 aliphatic rings. The maximum absolute atomic E-state index is 12.1. The molecule has 1 amide bonds. The van der Waals surface area contributed by atoms with Crippen molar-refractivity contribution in [2.45, 2.75) is 38.2 Å². The molecule has 102 valence electrons. The Morgan fingerprint density at radius 2 is 1.83 bits per heavy atom. The van der Waals surface area contributed by atoms with Gasteiger partial charge < -0.3 is 14.7 Å². The molecule has 1 saturated heterocycles. The van der Waals surface area contributed by atoms with Gasteiger partial charge in [-0.05, 0) is 0 Å². The standard InChI is InChI=1S/C12H19NO5/c1-3-9(14)8-10(15)12(18-2)4-6-13(7-5-12)11(16)17/h3-8H2,1-2H3,(H,16,17). The summed E-state index contributed by atoms with van der Waals surface area (Å²) in [4.78, 5) is 35.4. The minimum absolute atomic E-state index is 0.114. The van der Waals surface area contributed by atoms with Gasteiger partial charge in [-0.1, -0.05) is 6.92 Å². The fourth-order valence-electron chi connectivity index (χ4n) is 2.12. The van der Waals surface area contributed by atoms with Gasteiger partial charge in [-0.2, -0.15) is 0 Å². The number of amides is 1. The Balaban J connectivity index is 2.68. The van der Waals surface area contributed by atoms with E-state index in [1.54, 1.807) is 6.92 Å². The summed E-state index contributed by atoms with van der Waals surface area (Å²) in [5.74, 6) is -0.348. The SMILES string of the molecule is CCC(=O)CC(=O)C1(OC)CCN(C(=O)O)CC1. The predicted molar refractivity (Wildman–Crippen MR) is 63.5 cm³/mol. The molecule has 18 heavy (non-hydrogen) atoms. The lowest BCUT2D eigenvalue weighted by atomic mass is 9.84. The van der Waals surface area contributed by atoms with E-state index in [1.165, 1.54) is 12.0 Å². The van der Waals surface area contributed by atoms with Crippen LogP contribution in [0.2, 0.25) is 0 Å². The van der Waals surface area contributed by atoms with Gasteiger partial charge in [0.1, 0.15) is 11.4 Å². The molecule has 6 nitrogen and oxygen atoms in total. The summed E-state index contributed by atoms with van der Waals surface area (Å²) in [5.41, 5.74) is -0.989. The number of nitrogens with zero attached hydrogens (tertiary/aromatic N) is 1. The Kier molecular flexibility index (Phi) is 4.84. The number of rotatable bonds is 5. The Labute approximate surface area is 106 Å². The van der Waals surface area contributed by atoms with Crippen LogP contribution in [-0.4, -0.2) is 53.5 Å². The van der Waals surface area contributed by atoms with Crippen molar-refractivity contribution >= 4 is 17.7 Å². The van der Waals surface area contributed by atoms with Crippen molar-refractivity contribution in [3.63, 3.8) is 0 Å². The third-order valence-electron chi connectivity index (χ3n) is 3.49. The first-order valence-corrected chi connectivity index (χ1v) is 6.03. The molecule has 0 aliphatic carbocycles. The van der Waals surface area contributed by atoms with Crippen molar-refractivity contribution in [3.8, 4) is 0 Å². The molecule has 6 heteroatoms. The zero-order valence-corrected chi connectivity index (χ0v) is 10.8. The van der Waals surface area contributed by atoms with Crippen LogP contribution in [0.4, 0.5) is 4.79 Å². The molecular weight excluding hydrogens is 238 g/mol. The van der Waals surface area contributed by atoms with Crippen LogP contribution in [0.1, 0.15) is 32.6 Å². The van der Waals surface area contributed by atoms with Gasteiger partial charge in [0.05, 0.1) is 6.42 Å². The second kappa shape index (κ2) is 5.95. The highest BCUT2D eigenvalue weighted by molar-refractivity contribution is 6.03. The number of hydrogen-bond donors (Lipinski definition) is 1. The second-order valence-electron chi connectivity index (χ2n) is 4.46. The number of likely N-dealkylation sites (tertiary alicyclic amines) is 1. The molecule has 0 unspecified atom stereocenters. The molecule has 0 aromatic rings. The number of piperidine rings is 1. The van der Waals surface area contributed by atoms with Gasteiger partial charge in [0.15, 0.2) is 5.78 Å². The van der Waals surface area contributed by atoms with E-state index in [-0.39, 0.29) is 31.1 Å². The summed E-state index contributed by atoms with van der Waals surface area (Å²) in [6, 6.07) is 0. The molecule has 0 saturated carbocycles. The monoisotopic (exact) mass is 257 g/mol. The van der Waals surface area contributed by atoms with Crippen molar-refractivity contribution in [2.75, 3.05) is 20.2 Å². The van der Waals surface area contributed by atoms with Crippen LogP contribution in [0.5, 0.6) is 0 Å². The number of ether oxygens (including phenoxy) is 1. The van der Waals surface area contributed by atoms with E-state index < -0.39 is 11.7 Å². The van der Waals surface area contributed by atoms with E-state index >= 15 is 0 Å².